The minimum absolute atomic E-state index is 0.0463. The molecule has 0 aliphatic carbocycles. The van der Waals surface area contributed by atoms with Crippen molar-refractivity contribution in [1.82, 2.24) is 24.4 Å². The van der Waals surface area contributed by atoms with Gasteiger partial charge in [-0.1, -0.05) is 0 Å². The second kappa shape index (κ2) is 9.93. The zero-order valence-corrected chi connectivity index (χ0v) is 21.9. The van der Waals surface area contributed by atoms with Gasteiger partial charge in [0.25, 0.3) is 11.5 Å². The zero-order valence-electron chi connectivity index (χ0n) is 21.9. The molecule has 0 spiro atoms. The van der Waals surface area contributed by atoms with Gasteiger partial charge in [0.05, 0.1) is 23.6 Å². The molecule has 43 heavy (non-hydrogen) atoms. The number of carbonyl (C=O) groups excluding carboxylic acids is 1. The van der Waals surface area contributed by atoms with Crippen molar-refractivity contribution in [1.29, 1.82) is 5.26 Å². The second-order valence-corrected chi connectivity index (χ2v) is 9.56. The average molecular weight is 574 g/mol. The van der Waals surface area contributed by atoms with Crippen LogP contribution in [0.1, 0.15) is 16.1 Å². The fourth-order valence-electron chi connectivity index (χ4n) is 5.03. The molecule has 0 fully saturated rings. The number of halogens is 2. The lowest BCUT2D eigenvalue weighted by Crippen LogP contribution is -2.29. The molecule has 0 aliphatic heterocycles. The fraction of sp³-hybridized carbons (Fsp3) is 0. The monoisotopic (exact) mass is 573 g/mol. The Bertz CT molecular complexity index is 2270. The lowest BCUT2D eigenvalue weighted by molar-refractivity contribution is 0.102. The largest absolute Gasteiger partial charge is 0.454 e. The number of ether oxygens (including phenoxy) is 1. The van der Waals surface area contributed by atoms with E-state index in [0.717, 1.165) is 44.6 Å². The van der Waals surface area contributed by atoms with Gasteiger partial charge in [-0.25, -0.2) is 13.3 Å². The van der Waals surface area contributed by atoms with Crippen LogP contribution in [-0.4, -0.2) is 30.3 Å². The Kier molecular flexibility index (Phi) is 5.91. The van der Waals surface area contributed by atoms with Crippen molar-refractivity contribution < 1.29 is 18.3 Å². The molecular weight excluding hydrogens is 556 g/mol. The smallest absolute Gasteiger partial charge is 0.269 e. The van der Waals surface area contributed by atoms with Crippen molar-refractivity contribution in [3.8, 4) is 34.4 Å². The van der Waals surface area contributed by atoms with Crippen molar-refractivity contribution in [2.75, 3.05) is 5.32 Å². The Morgan fingerprint density at radius 3 is 2.58 bits per heavy atom. The number of rotatable bonds is 6. The summed E-state index contributed by atoms with van der Waals surface area (Å²) in [6.45, 7) is 0. The summed E-state index contributed by atoms with van der Waals surface area (Å²) in [5.74, 6) is -1.82. The molecular formula is C31H17F2N7O3. The van der Waals surface area contributed by atoms with E-state index in [0.29, 0.717) is 11.3 Å². The van der Waals surface area contributed by atoms with E-state index in [2.05, 4.69) is 20.6 Å². The third kappa shape index (κ3) is 4.32. The number of nitrogens with zero attached hydrogens (tertiary/aromatic N) is 5. The summed E-state index contributed by atoms with van der Waals surface area (Å²) < 4.78 is 37.6. The van der Waals surface area contributed by atoms with Gasteiger partial charge in [-0.05, 0) is 60.7 Å². The first-order chi connectivity index (χ1) is 20.9. The molecule has 12 heteroatoms. The van der Waals surface area contributed by atoms with Crippen molar-refractivity contribution in [2.45, 2.75) is 0 Å². The van der Waals surface area contributed by atoms with Crippen LogP contribution in [0.25, 0.3) is 33.1 Å². The highest BCUT2D eigenvalue weighted by Crippen LogP contribution is 2.42. The van der Waals surface area contributed by atoms with Crippen molar-refractivity contribution in [3.63, 3.8) is 0 Å². The Balaban J connectivity index is 1.19. The maximum atomic E-state index is 15.3. The molecule has 0 aliphatic rings. The maximum Gasteiger partial charge on any atom is 0.269 e. The van der Waals surface area contributed by atoms with Gasteiger partial charge in [0, 0.05) is 46.0 Å². The van der Waals surface area contributed by atoms with Crippen LogP contribution in [0.2, 0.25) is 0 Å². The van der Waals surface area contributed by atoms with E-state index >= 15 is 4.39 Å². The molecule has 1 amide bonds. The number of carbonyl (C=O) groups is 1. The molecule has 4 heterocycles. The number of nitrogens with one attached hydrogen (secondary N) is 2. The third-order valence-corrected chi connectivity index (χ3v) is 6.99. The van der Waals surface area contributed by atoms with Gasteiger partial charge >= 0.3 is 0 Å². The van der Waals surface area contributed by atoms with E-state index in [-0.39, 0.29) is 28.4 Å². The van der Waals surface area contributed by atoms with Gasteiger partial charge < -0.3 is 10.1 Å². The lowest BCUT2D eigenvalue weighted by Gasteiger charge is -2.14. The second-order valence-electron chi connectivity index (χ2n) is 9.56. The molecule has 208 valence electrons. The number of anilines is 1. The first kappa shape index (κ1) is 25.6. The van der Waals surface area contributed by atoms with Crippen LogP contribution >= 0.6 is 0 Å². The number of amides is 1. The molecule has 0 bridgehead atoms. The zero-order chi connectivity index (χ0) is 29.7. The summed E-state index contributed by atoms with van der Waals surface area (Å²) in [6, 6.07) is 16.8. The molecule has 0 radical (unpaired) electrons. The van der Waals surface area contributed by atoms with Gasteiger partial charge in [0.2, 0.25) is 0 Å². The average Bonchev–Trinajstić information content (AvgIpc) is 3.77. The Hall–Kier alpha value is -6.35. The number of hydrogen-bond donors (Lipinski definition) is 2. The predicted molar refractivity (Wildman–Crippen MR) is 153 cm³/mol. The molecule has 7 aromatic rings. The third-order valence-electron chi connectivity index (χ3n) is 6.99. The SMILES string of the molecule is N#Cc1ccc(C(=O)Nc2ccc(Oc3cc4cnn5ccc(c3-c3cn[nH]c3)c45)c(F)c2)c(=O)n1-c1ccc(F)cc1. The molecule has 0 saturated carbocycles. The molecule has 2 N–H and O–H groups in total. The van der Waals surface area contributed by atoms with Crippen molar-refractivity contribution in [2.24, 2.45) is 0 Å². The van der Waals surface area contributed by atoms with Crippen molar-refractivity contribution >= 4 is 27.9 Å². The number of nitriles is 1. The molecule has 7 rings (SSSR count). The Labute approximate surface area is 240 Å². The summed E-state index contributed by atoms with van der Waals surface area (Å²) in [7, 11) is 0. The summed E-state index contributed by atoms with van der Waals surface area (Å²) >= 11 is 0. The molecule has 3 aromatic carbocycles. The normalized spacial score (nSPS) is 11.2. The van der Waals surface area contributed by atoms with Crippen LogP contribution in [0, 0.1) is 23.0 Å². The summed E-state index contributed by atoms with van der Waals surface area (Å²) in [5, 5.41) is 24.8. The first-order valence-electron chi connectivity index (χ1n) is 12.8. The van der Waals surface area contributed by atoms with Gasteiger partial charge in [0.15, 0.2) is 11.6 Å². The molecule has 4 aromatic heterocycles. The van der Waals surface area contributed by atoms with E-state index < -0.39 is 23.1 Å². The molecule has 10 nitrogen and oxygen atoms in total. The fourth-order valence-corrected chi connectivity index (χ4v) is 5.03. The summed E-state index contributed by atoms with van der Waals surface area (Å²) in [4.78, 5) is 26.3. The molecule has 0 saturated heterocycles. The first-order valence-corrected chi connectivity index (χ1v) is 12.8. The number of pyridine rings is 1. The van der Waals surface area contributed by atoms with Gasteiger partial charge in [0.1, 0.15) is 28.9 Å². The van der Waals surface area contributed by atoms with Crippen LogP contribution in [0.3, 0.4) is 0 Å². The molecule has 0 unspecified atom stereocenters. The van der Waals surface area contributed by atoms with Crippen LogP contribution in [0.4, 0.5) is 14.5 Å². The van der Waals surface area contributed by atoms with Crippen LogP contribution in [0.5, 0.6) is 11.5 Å². The Morgan fingerprint density at radius 2 is 1.84 bits per heavy atom. The van der Waals surface area contributed by atoms with Crippen molar-refractivity contribution in [3.05, 3.63) is 125 Å². The van der Waals surface area contributed by atoms with Gasteiger partial charge in [-0.15, -0.1) is 0 Å². The molecule has 0 atom stereocenters. The van der Waals surface area contributed by atoms with E-state index in [9.17, 15) is 19.2 Å². The number of aromatic nitrogens is 5. The maximum absolute atomic E-state index is 15.3. The van der Waals surface area contributed by atoms with E-state index in [1.165, 1.54) is 36.4 Å². The number of aromatic amines is 1. The van der Waals surface area contributed by atoms with Crippen LogP contribution in [0.15, 0.2) is 96.3 Å². The summed E-state index contributed by atoms with van der Waals surface area (Å²) in [5.41, 5.74) is 1.47. The van der Waals surface area contributed by atoms with Gasteiger partial charge in [-0.2, -0.15) is 15.5 Å². The Morgan fingerprint density at radius 1 is 1.00 bits per heavy atom. The quantitative estimate of drug-likeness (QED) is 0.264. The van der Waals surface area contributed by atoms with E-state index in [4.69, 9.17) is 4.74 Å². The highest BCUT2D eigenvalue weighted by Gasteiger charge is 2.21. The minimum Gasteiger partial charge on any atom is -0.454 e. The number of H-pyrrole nitrogens is 1. The lowest BCUT2D eigenvalue weighted by atomic mass is 10.0. The number of benzene rings is 3. The summed E-state index contributed by atoms with van der Waals surface area (Å²) in [6.07, 6.45) is 6.86. The highest BCUT2D eigenvalue weighted by molar-refractivity contribution is 6.07. The van der Waals surface area contributed by atoms with E-state index in [1.54, 1.807) is 29.2 Å². The van der Waals surface area contributed by atoms with Crippen LogP contribution < -0.4 is 15.6 Å². The van der Waals surface area contributed by atoms with Crippen LogP contribution in [-0.2, 0) is 0 Å². The predicted octanol–water partition coefficient (Wildman–Crippen LogP) is 5.66. The highest BCUT2D eigenvalue weighted by atomic mass is 19.1. The topological polar surface area (TPSA) is 130 Å². The minimum atomic E-state index is -0.821. The van der Waals surface area contributed by atoms with Gasteiger partial charge in [-0.3, -0.25) is 19.3 Å². The standard InChI is InChI=1S/C31H17F2N7O3/c32-19-1-4-21(5-2-19)40-22(13-34)6-7-24(31(40)42)30(41)38-20-3-8-26(25(33)12-20)43-27-11-17-16-37-39-10-9-23(29(17)39)28(27)18-14-35-36-15-18/h1-12,14-16H,(H,35,36)(H,38,41). The number of hydrogen-bond acceptors (Lipinski definition) is 6. The van der Waals surface area contributed by atoms with E-state index in [1.807, 2.05) is 18.3 Å².